The first-order valence-electron chi connectivity index (χ1n) is 5.14. The van der Waals surface area contributed by atoms with Gasteiger partial charge in [-0.15, -0.1) is 0 Å². The zero-order valence-electron chi connectivity index (χ0n) is 9.66. The summed E-state index contributed by atoms with van der Waals surface area (Å²) in [6.45, 7) is 4.31. The maximum atomic E-state index is 12.1. The smallest absolute Gasteiger partial charge is 0.243 e. The molecule has 0 amide bonds. The van der Waals surface area contributed by atoms with Gasteiger partial charge in [-0.1, -0.05) is 13.8 Å². The Morgan fingerprint density at radius 1 is 1.18 bits per heavy atom. The number of nitrogens with zero attached hydrogens (tertiary/aromatic N) is 1. The first kappa shape index (κ1) is 14.3. The third-order valence-electron chi connectivity index (χ3n) is 2.37. The second-order valence-electron chi connectivity index (χ2n) is 3.31. The average Bonchev–Trinajstić information content (AvgIpc) is 2.30. The van der Waals surface area contributed by atoms with Crippen molar-refractivity contribution in [1.29, 1.82) is 0 Å². The molecule has 0 saturated carbocycles. The molecule has 0 fully saturated rings. The van der Waals surface area contributed by atoms with Crippen LogP contribution in [0.2, 0.25) is 0 Å². The quantitative estimate of drug-likeness (QED) is 0.823. The lowest BCUT2D eigenvalue weighted by Crippen LogP contribution is -2.30. The van der Waals surface area contributed by atoms with Crippen LogP contribution in [0.3, 0.4) is 0 Å². The van der Waals surface area contributed by atoms with Crippen molar-refractivity contribution < 1.29 is 17.2 Å². The van der Waals surface area contributed by atoms with Gasteiger partial charge >= 0.3 is 0 Å². The molecule has 0 bridgehead atoms. The minimum absolute atomic E-state index is 0.135. The van der Waals surface area contributed by atoms with Gasteiger partial charge in [0.05, 0.1) is 9.79 Å². The molecule has 7 heteroatoms. The maximum absolute atomic E-state index is 12.1. The van der Waals surface area contributed by atoms with Crippen LogP contribution in [-0.4, -0.2) is 34.6 Å². The van der Waals surface area contributed by atoms with Crippen molar-refractivity contribution in [2.24, 2.45) is 0 Å². The Bertz CT molecular complexity index is 492. The molecule has 1 unspecified atom stereocenters. The SMILES string of the molecule is CCN(CC)S(=O)(=O)c1ccc(S(=O)O)cc1. The molecular formula is C10H15NO4S2. The number of hydrogen-bond donors (Lipinski definition) is 1. The van der Waals surface area contributed by atoms with Crippen LogP contribution in [0.5, 0.6) is 0 Å². The highest BCUT2D eigenvalue weighted by Crippen LogP contribution is 2.17. The molecule has 5 nitrogen and oxygen atoms in total. The molecule has 0 saturated heterocycles. The summed E-state index contributed by atoms with van der Waals surface area (Å²) < 4.78 is 45.0. The third-order valence-corrected chi connectivity index (χ3v) is 5.11. The summed E-state index contributed by atoms with van der Waals surface area (Å²) in [5.74, 6) is 0. The van der Waals surface area contributed by atoms with Crippen LogP contribution in [0.25, 0.3) is 0 Å². The summed E-state index contributed by atoms with van der Waals surface area (Å²) in [6.07, 6.45) is 0. The fourth-order valence-corrected chi connectivity index (χ4v) is 3.27. The number of hydrogen-bond acceptors (Lipinski definition) is 3. The summed E-state index contributed by atoms with van der Waals surface area (Å²) in [5.41, 5.74) is 0. The Labute approximate surface area is 104 Å². The Hall–Kier alpha value is -0.760. The molecule has 0 aliphatic heterocycles. The topological polar surface area (TPSA) is 74.7 Å². The highest BCUT2D eigenvalue weighted by Gasteiger charge is 2.21. The van der Waals surface area contributed by atoms with Crippen molar-refractivity contribution >= 4 is 21.1 Å². The molecule has 1 N–H and O–H groups in total. The Balaban J connectivity index is 3.12. The van der Waals surface area contributed by atoms with Crippen LogP contribution in [-0.2, 0) is 21.1 Å². The van der Waals surface area contributed by atoms with E-state index in [-0.39, 0.29) is 9.79 Å². The molecule has 0 spiro atoms. The van der Waals surface area contributed by atoms with Crippen LogP contribution in [0.4, 0.5) is 0 Å². The molecule has 0 aliphatic carbocycles. The molecule has 1 atom stereocenters. The Kier molecular flexibility index (Phi) is 4.81. The van der Waals surface area contributed by atoms with Gasteiger partial charge in [-0.2, -0.15) is 4.31 Å². The van der Waals surface area contributed by atoms with E-state index in [1.807, 2.05) is 0 Å². The Morgan fingerprint density at radius 3 is 2.00 bits per heavy atom. The maximum Gasteiger partial charge on any atom is 0.243 e. The van der Waals surface area contributed by atoms with Crippen molar-refractivity contribution in [1.82, 2.24) is 4.31 Å². The first-order valence-corrected chi connectivity index (χ1v) is 7.69. The summed E-state index contributed by atoms with van der Waals surface area (Å²) in [7, 11) is -3.49. The predicted molar refractivity (Wildman–Crippen MR) is 65.6 cm³/mol. The molecule has 96 valence electrons. The van der Waals surface area contributed by atoms with Crippen molar-refractivity contribution in [3.8, 4) is 0 Å². The highest BCUT2D eigenvalue weighted by molar-refractivity contribution is 7.89. The summed E-state index contributed by atoms with van der Waals surface area (Å²) >= 11 is -2.09. The lowest BCUT2D eigenvalue weighted by Gasteiger charge is -2.18. The highest BCUT2D eigenvalue weighted by atomic mass is 32.2. The van der Waals surface area contributed by atoms with E-state index in [4.69, 9.17) is 4.55 Å². The molecule has 0 aromatic heterocycles. The normalized spacial score (nSPS) is 13.9. The molecule has 1 aromatic carbocycles. The van der Waals surface area contributed by atoms with Gasteiger partial charge in [-0.05, 0) is 24.3 Å². The van der Waals surface area contributed by atoms with Gasteiger partial charge < -0.3 is 4.55 Å². The van der Waals surface area contributed by atoms with E-state index in [1.54, 1.807) is 13.8 Å². The zero-order valence-corrected chi connectivity index (χ0v) is 11.3. The van der Waals surface area contributed by atoms with Gasteiger partial charge in [-0.3, -0.25) is 0 Å². The molecule has 1 rings (SSSR count). The van der Waals surface area contributed by atoms with Gasteiger partial charge in [0, 0.05) is 13.1 Å². The van der Waals surface area contributed by atoms with Crippen LogP contribution in [0.15, 0.2) is 34.1 Å². The monoisotopic (exact) mass is 277 g/mol. The van der Waals surface area contributed by atoms with Gasteiger partial charge in [-0.25, -0.2) is 12.6 Å². The predicted octanol–water partition coefficient (Wildman–Crippen LogP) is 1.30. The van der Waals surface area contributed by atoms with Crippen molar-refractivity contribution in [3.63, 3.8) is 0 Å². The lowest BCUT2D eigenvalue weighted by atomic mass is 10.4. The zero-order chi connectivity index (χ0) is 13.1. The van der Waals surface area contributed by atoms with E-state index < -0.39 is 21.1 Å². The third kappa shape index (κ3) is 3.12. The Morgan fingerprint density at radius 2 is 1.65 bits per heavy atom. The fraction of sp³-hybridized carbons (Fsp3) is 0.400. The molecule has 0 aliphatic rings. The van der Waals surface area contributed by atoms with E-state index in [2.05, 4.69) is 0 Å². The minimum Gasteiger partial charge on any atom is -0.302 e. The second-order valence-corrected chi connectivity index (χ2v) is 6.22. The van der Waals surface area contributed by atoms with E-state index in [0.717, 1.165) is 0 Å². The molecule has 0 radical (unpaired) electrons. The molecular weight excluding hydrogens is 262 g/mol. The average molecular weight is 277 g/mol. The van der Waals surface area contributed by atoms with Crippen LogP contribution >= 0.6 is 0 Å². The van der Waals surface area contributed by atoms with Gasteiger partial charge in [0.2, 0.25) is 10.0 Å². The van der Waals surface area contributed by atoms with Crippen LogP contribution < -0.4 is 0 Å². The van der Waals surface area contributed by atoms with Crippen molar-refractivity contribution in [3.05, 3.63) is 24.3 Å². The van der Waals surface area contributed by atoms with E-state index in [9.17, 15) is 12.6 Å². The summed E-state index contributed by atoms with van der Waals surface area (Å²) in [5, 5.41) is 0. The largest absolute Gasteiger partial charge is 0.302 e. The van der Waals surface area contributed by atoms with Crippen molar-refractivity contribution in [2.45, 2.75) is 23.6 Å². The fourth-order valence-electron chi connectivity index (χ4n) is 1.44. The second kappa shape index (κ2) is 5.72. The number of rotatable bonds is 5. The van der Waals surface area contributed by atoms with E-state index >= 15 is 0 Å². The van der Waals surface area contributed by atoms with Gasteiger partial charge in [0.15, 0.2) is 11.1 Å². The van der Waals surface area contributed by atoms with Crippen LogP contribution in [0, 0.1) is 0 Å². The number of benzene rings is 1. The molecule has 17 heavy (non-hydrogen) atoms. The van der Waals surface area contributed by atoms with Crippen molar-refractivity contribution in [2.75, 3.05) is 13.1 Å². The van der Waals surface area contributed by atoms with Gasteiger partial charge in [0.25, 0.3) is 0 Å². The molecule has 1 aromatic rings. The lowest BCUT2D eigenvalue weighted by molar-refractivity contribution is 0.445. The molecule has 0 heterocycles. The van der Waals surface area contributed by atoms with E-state index in [0.29, 0.717) is 13.1 Å². The minimum atomic E-state index is -3.49. The first-order chi connectivity index (χ1) is 7.93. The standard InChI is InChI=1S/C10H15NO4S2/c1-3-11(4-2)17(14,15)10-7-5-9(6-8-10)16(12)13/h5-8H,3-4H2,1-2H3,(H,12,13). The summed E-state index contributed by atoms with van der Waals surface area (Å²) in [4.78, 5) is 0.318. The summed E-state index contributed by atoms with van der Waals surface area (Å²) in [6, 6.07) is 5.37. The number of sulfonamides is 1. The van der Waals surface area contributed by atoms with E-state index in [1.165, 1.54) is 28.6 Å². The van der Waals surface area contributed by atoms with Crippen LogP contribution in [0.1, 0.15) is 13.8 Å². The van der Waals surface area contributed by atoms with Gasteiger partial charge in [0.1, 0.15) is 0 Å².